The van der Waals surface area contributed by atoms with Crippen LogP contribution in [0.25, 0.3) is 0 Å². The third-order valence-corrected chi connectivity index (χ3v) is 3.03. The van der Waals surface area contributed by atoms with E-state index in [1.165, 1.54) is 6.42 Å². The van der Waals surface area contributed by atoms with Gasteiger partial charge in [-0.3, -0.25) is 0 Å². The summed E-state index contributed by atoms with van der Waals surface area (Å²) in [7, 11) is 0. The summed E-state index contributed by atoms with van der Waals surface area (Å²) in [5.41, 5.74) is 1.07. The van der Waals surface area contributed by atoms with E-state index in [0.29, 0.717) is 6.42 Å². The molecule has 0 saturated carbocycles. The van der Waals surface area contributed by atoms with E-state index in [0.717, 1.165) is 17.1 Å². The maximum atomic E-state index is 9.59. The van der Waals surface area contributed by atoms with Crippen molar-refractivity contribution in [2.24, 2.45) is 0 Å². The zero-order valence-corrected chi connectivity index (χ0v) is 8.72. The topological polar surface area (TPSA) is 33.4 Å². The van der Waals surface area contributed by atoms with E-state index in [-0.39, 0.29) is 6.10 Å². The summed E-state index contributed by atoms with van der Waals surface area (Å²) in [6.07, 6.45) is 4.96. The van der Waals surface area contributed by atoms with Crippen LogP contribution in [0.4, 0.5) is 0 Å². The van der Waals surface area contributed by atoms with E-state index >= 15 is 0 Å². The van der Waals surface area contributed by atoms with Crippen molar-refractivity contribution in [1.29, 1.82) is 0 Å². The Balaban J connectivity index is 2.14. The van der Waals surface area contributed by atoms with Gasteiger partial charge in [-0.2, -0.15) is 11.8 Å². The Kier molecular flexibility index (Phi) is 5.01. The van der Waals surface area contributed by atoms with Gasteiger partial charge >= 0.3 is 0 Å². The van der Waals surface area contributed by atoms with Crippen LogP contribution in [0.5, 0.6) is 0 Å². The Morgan fingerprint density at radius 2 is 2.46 bits per heavy atom. The van der Waals surface area contributed by atoms with Crippen molar-refractivity contribution in [2.45, 2.75) is 25.9 Å². The van der Waals surface area contributed by atoms with Crippen LogP contribution in [-0.4, -0.2) is 22.7 Å². The predicted octanol–water partition coefficient (Wildman–Crippen LogP) is 2.33. The Morgan fingerprint density at radius 3 is 3.08 bits per heavy atom. The number of furan rings is 1. The van der Waals surface area contributed by atoms with Crippen molar-refractivity contribution in [1.82, 2.24) is 0 Å². The normalized spacial score (nSPS) is 13.1. The average Bonchev–Trinajstić information content (AvgIpc) is 2.57. The van der Waals surface area contributed by atoms with Gasteiger partial charge in [0.15, 0.2) is 0 Å². The molecule has 1 rings (SSSR count). The molecule has 0 aliphatic carbocycles. The molecule has 1 aromatic rings. The molecule has 0 aliphatic heterocycles. The largest absolute Gasteiger partial charge is 0.472 e. The van der Waals surface area contributed by atoms with Gasteiger partial charge < -0.3 is 9.52 Å². The fraction of sp³-hybridized carbons (Fsp3) is 0.600. The molecule has 1 heterocycles. The minimum atomic E-state index is -0.242. The third-order valence-electron chi connectivity index (χ3n) is 1.71. The van der Waals surface area contributed by atoms with Crippen LogP contribution in [0.1, 0.15) is 18.9 Å². The molecule has 1 N–H and O–H groups in total. The zero-order valence-electron chi connectivity index (χ0n) is 7.90. The number of aliphatic hydroxyl groups is 1. The van der Waals surface area contributed by atoms with Crippen molar-refractivity contribution in [3.63, 3.8) is 0 Å². The summed E-state index contributed by atoms with van der Waals surface area (Å²) in [5.74, 6) is 1.95. The van der Waals surface area contributed by atoms with Gasteiger partial charge in [-0.05, 0) is 23.8 Å². The van der Waals surface area contributed by atoms with Gasteiger partial charge in [0.05, 0.1) is 18.6 Å². The highest BCUT2D eigenvalue weighted by atomic mass is 32.2. The van der Waals surface area contributed by atoms with Crippen LogP contribution < -0.4 is 0 Å². The fourth-order valence-electron chi connectivity index (χ4n) is 1.10. The zero-order chi connectivity index (χ0) is 9.52. The smallest absolute Gasteiger partial charge is 0.0935 e. The van der Waals surface area contributed by atoms with E-state index in [1.54, 1.807) is 24.3 Å². The summed E-state index contributed by atoms with van der Waals surface area (Å²) in [5, 5.41) is 9.59. The first kappa shape index (κ1) is 10.7. The molecule has 74 valence electrons. The summed E-state index contributed by atoms with van der Waals surface area (Å²) in [6.45, 7) is 2.15. The van der Waals surface area contributed by atoms with Crippen LogP contribution in [0.15, 0.2) is 23.0 Å². The van der Waals surface area contributed by atoms with Gasteiger partial charge in [-0.25, -0.2) is 0 Å². The van der Waals surface area contributed by atoms with E-state index in [9.17, 15) is 5.11 Å². The number of thioether (sulfide) groups is 1. The van der Waals surface area contributed by atoms with Crippen molar-refractivity contribution < 1.29 is 9.52 Å². The lowest BCUT2D eigenvalue weighted by Gasteiger charge is -2.07. The van der Waals surface area contributed by atoms with Gasteiger partial charge in [0, 0.05) is 12.2 Å². The van der Waals surface area contributed by atoms with E-state index in [2.05, 4.69) is 6.92 Å². The first-order valence-corrected chi connectivity index (χ1v) is 5.75. The first-order valence-electron chi connectivity index (χ1n) is 4.59. The molecule has 0 saturated heterocycles. The molecule has 0 fully saturated rings. The number of aliphatic hydroxyl groups excluding tert-OH is 1. The number of rotatable bonds is 6. The highest BCUT2D eigenvalue weighted by molar-refractivity contribution is 7.99. The van der Waals surface area contributed by atoms with Gasteiger partial charge in [0.1, 0.15) is 0 Å². The second-order valence-electron chi connectivity index (χ2n) is 3.06. The molecular formula is C10H16O2S. The molecule has 1 unspecified atom stereocenters. The molecular weight excluding hydrogens is 184 g/mol. The lowest BCUT2D eigenvalue weighted by molar-refractivity contribution is 0.200. The van der Waals surface area contributed by atoms with Crippen LogP contribution in [0.3, 0.4) is 0 Å². The summed E-state index contributed by atoms with van der Waals surface area (Å²) < 4.78 is 4.92. The van der Waals surface area contributed by atoms with Gasteiger partial charge in [-0.15, -0.1) is 0 Å². The van der Waals surface area contributed by atoms with Crippen molar-refractivity contribution in [2.75, 3.05) is 11.5 Å². The Morgan fingerprint density at radius 1 is 1.62 bits per heavy atom. The quantitative estimate of drug-likeness (QED) is 0.715. The van der Waals surface area contributed by atoms with Crippen LogP contribution in [-0.2, 0) is 6.42 Å². The van der Waals surface area contributed by atoms with E-state index in [4.69, 9.17) is 4.42 Å². The molecule has 0 aromatic carbocycles. The highest BCUT2D eigenvalue weighted by Gasteiger charge is 2.05. The van der Waals surface area contributed by atoms with Crippen molar-refractivity contribution >= 4 is 11.8 Å². The number of hydrogen-bond acceptors (Lipinski definition) is 3. The lowest BCUT2D eigenvalue weighted by Crippen LogP contribution is -2.13. The van der Waals surface area contributed by atoms with Crippen LogP contribution >= 0.6 is 11.8 Å². The maximum Gasteiger partial charge on any atom is 0.0935 e. The molecule has 1 aromatic heterocycles. The predicted molar refractivity (Wildman–Crippen MR) is 56.0 cm³/mol. The fourth-order valence-corrected chi connectivity index (χ4v) is 1.95. The minimum absolute atomic E-state index is 0.242. The first-order chi connectivity index (χ1) is 6.33. The second kappa shape index (κ2) is 6.11. The summed E-state index contributed by atoms with van der Waals surface area (Å²) in [4.78, 5) is 0. The Bertz CT molecular complexity index is 209. The van der Waals surface area contributed by atoms with Gasteiger partial charge in [0.2, 0.25) is 0 Å². The monoisotopic (exact) mass is 200 g/mol. The van der Waals surface area contributed by atoms with E-state index in [1.807, 2.05) is 6.07 Å². The molecule has 13 heavy (non-hydrogen) atoms. The minimum Gasteiger partial charge on any atom is -0.472 e. The second-order valence-corrected chi connectivity index (χ2v) is 4.21. The Labute approximate surface area is 83.3 Å². The van der Waals surface area contributed by atoms with Gasteiger partial charge in [0.25, 0.3) is 0 Å². The molecule has 0 bridgehead atoms. The van der Waals surface area contributed by atoms with Crippen molar-refractivity contribution in [3.05, 3.63) is 24.2 Å². The van der Waals surface area contributed by atoms with Crippen molar-refractivity contribution in [3.8, 4) is 0 Å². The highest BCUT2D eigenvalue weighted by Crippen LogP contribution is 2.09. The summed E-state index contributed by atoms with van der Waals surface area (Å²) in [6, 6.07) is 1.90. The maximum absolute atomic E-state index is 9.59. The molecule has 2 nitrogen and oxygen atoms in total. The molecule has 0 spiro atoms. The molecule has 0 radical (unpaired) electrons. The lowest BCUT2D eigenvalue weighted by atomic mass is 10.2. The van der Waals surface area contributed by atoms with Gasteiger partial charge in [-0.1, -0.05) is 6.92 Å². The van der Waals surface area contributed by atoms with Crippen LogP contribution in [0.2, 0.25) is 0 Å². The standard InChI is InChI=1S/C10H16O2S/c1-2-5-13-8-10(11)6-9-3-4-12-7-9/h3-4,7,10-11H,2,5-6,8H2,1H3. The van der Waals surface area contributed by atoms with E-state index < -0.39 is 0 Å². The molecule has 1 atom stereocenters. The summed E-state index contributed by atoms with van der Waals surface area (Å²) >= 11 is 1.80. The molecule has 0 amide bonds. The SMILES string of the molecule is CCCSCC(O)Cc1ccoc1. The van der Waals surface area contributed by atoms with Crippen LogP contribution in [0, 0.1) is 0 Å². The molecule has 0 aliphatic rings. The average molecular weight is 200 g/mol. The number of hydrogen-bond donors (Lipinski definition) is 1. The Hall–Kier alpha value is -0.410. The third kappa shape index (κ3) is 4.39. The molecule has 3 heteroatoms.